The zero-order valence-electron chi connectivity index (χ0n) is 23.2. The number of carbonyl (C=O) groups is 2. The molecule has 0 unspecified atom stereocenters. The Morgan fingerprint density at radius 1 is 0.951 bits per heavy atom. The molecule has 1 saturated heterocycles. The number of carboxylic acids is 1. The lowest BCUT2D eigenvalue weighted by molar-refractivity contribution is 0.00578. The van der Waals surface area contributed by atoms with Crippen LogP contribution < -0.4 is 5.32 Å². The van der Waals surface area contributed by atoms with Gasteiger partial charge in [-0.25, -0.2) is 18.4 Å². The molecule has 0 spiro atoms. The number of carboxylic acid groups (broad SMARTS) is 1. The van der Waals surface area contributed by atoms with Crippen molar-refractivity contribution in [1.82, 2.24) is 5.32 Å². The average Bonchev–Trinajstić information content (AvgIpc) is 3.35. The van der Waals surface area contributed by atoms with E-state index in [1.807, 2.05) is 76.2 Å². The third-order valence-corrected chi connectivity index (χ3v) is 7.99. The normalized spacial score (nSPS) is 17.2. The van der Waals surface area contributed by atoms with Gasteiger partial charge < -0.3 is 24.5 Å². The Hall–Kier alpha value is -4.02. The molecule has 1 fully saturated rings. The van der Waals surface area contributed by atoms with E-state index in [0.717, 1.165) is 28.3 Å². The summed E-state index contributed by atoms with van der Waals surface area (Å²) < 4.78 is 47.0. The number of hydrogen-bond donors (Lipinski definition) is 2. The molecule has 5 rings (SSSR count). The summed E-state index contributed by atoms with van der Waals surface area (Å²) in [6, 6.07) is 17.4. The van der Waals surface area contributed by atoms with E-state index in [9.17, 15) is 18.4 Å². The summed E-state index contributed by atoms with van der Waals surface area (Å²) in [7, 11) is -0.990. The van der Waals surface area contributed by atoms with Crippen LogP contribution in [0.5, 0.6) is 0 Å². The number of nitrogens with one attached hydrogen (secondary N) is 1. The first-order valence-corrected chi connectivity index (χ1v) is 13.3. The molecule has 3 aromatic carbocycles. The predicted octanol–water partition coefficient (Wildman–Crippen LogP) is 6.22. The molecule has 7 nitrogen and oxygen atoms in total. The second-order valence-electron chi connectivity index (χ2n) is 11.1. The maximum Gasteiger partial charge on any atom is 0.492 e. The van der Waals surface area contributed by atoms with Gasteiger partial charge in [-0.2, -0.15) is 0 Å². The summed E-state index contributed by atoms with van der Waals surface area (Å²) >= 11 is 0. The summed E-state index contributed by atoms with van der Waals surface area (Å²) in [6.45, 7) is 7.30. The van der Waals surface area contributed by atoms with Crippen molar-refractivity contribution in [1.29, 1.82) is 0 Å². The highest BCUT2D eigenvalue weighted by Gasteiger charge is 2.52. The number of fused-ring (bicyclic) bond motifs is 3. The van der Waals surface area contributed by atoms with Gasteiger partial charge in [-0.05, 0) is 67.6 Å². The number of ether oxygens (including phenoxy) is 1. The molecular formula is C31H30BF2NO6. The highest BCUT2D eigenvalue weighted by Crippen LogP contribution is 2.44. The molecule has 1 aliphatic heterocycles. The zero-order valence-corrected chi connectivity index (χ0v) is 23.2. The molecule has 41 heavy (non-hydrogen) atoms. The van der Waals surface area contributed by atoms with Crippen LogP contribution >= 0.6 is 0 Å². The van der Waals surface area contributed by atoms with Crippen LogP contribution in [-0.4, -0.2) is 48.6 Å². The quantitative estimate of drug-likeness (QED) is 0.333. The molecule has 3 aromatic rings. The molecule has 1 amide bonds. The van der Waals surface area contributed by atoms with Gasteiger partial charge in [0.2, 0.25) is 0 Å². The van der Waals surface area contributed by atoms with Crippen LogP contribution in [0.25, 0.3) is 17.2 Å². The SMILES string of the molecule is CC1(C)OB(C(=Cc2cc(F)c(C(=O)O)cc2F)CNC(=O)OCC2c3ccccc3-c3ccccc32)OC1(C)C. The highest BCUT2D eigenvalue weighted by molar-refractivity contribution is 6.56. The predicted molar refractivity (Wildman–Crippen MR) is 150 cm³/mol. The molecule has 0 bridgehead atoms. The molecule has 1 heterocycles. The first-order valence-electron chi connectivity index (χ1n) is 13.3. The van der Waals surface area contributed by atoms with Crippen molar-refractivity contribution in [3.63, 3.8) is 0 Å². The number of alkyl carbamates (subject to hydrolysis) is 1. The first kappa shape index (κ1) is 28.5. The zero-order chi connectivity index (χ0) is 29.5. The number of aromatic carboxylic acids is 1. The average molecular weight is 561 g/mol. The lowest BCUT2D eigenvalue weighted by atomic mass is 9.77. The third-order valence-electron chi connectivity index (χ3n) is 7.99. The summed E-state index contributed by atoms with van der Waals surface area (Å²) in [4.78, 5) is 24.1. The van der Waals surface area contributed by atoms with Crippen LogP contribution in [0.3, 0.4) is 0 Å². The molecule has 212 valence electrons. The van der Waals surface area contributed by atoms with E-state index in [0.29, 0.717) is 11.5 Å². The fraction of sp³-hybridized carbons (Fsp3) is 0.290. The molecule has 10 heteroatoms. The Morgan fingerprint density at radius 2 is 1.51 bits per heavy atom. The van der Waals surface area contributed by atoms with E-state index in [-0.39, 0.29) is 24.6 Å². The van der Waals surface area contributed by atoms with Gasteiger partial charge in [-0.1, -0.05) is 54.6 Å². The largest absolute Gasteiger partial charge is 0.492 e. The molecular weight excluding hydrogens is 531 g/mol. The van der Waals surface area contributed by atoms with Crippen LogP contribution in [0.15, 0.2) is 66.1 Å². The van der Waals surface area contributed by atoms with Gasteiger partial charge in [0.25, 0.3) is 0 Å². The topological polar surface area (TPSA) is 94.1 Å². The molecule has 1 aliphatic carbocycles. The van der Waals surface area contributed by atoms with Crippen molar-refractivity contribution in [2.75, 3.05) is 13.2 Å². The lowest BCUT2D eigenvalue weighted by Gasteiger charge is -2.32. The summed E-state index contributed by atoms with van der Waals surface area (Å²) in [5.41, 5.74) is 2.16. The van der Waals surface area contributed by atoms with E-state index in [1.54, 1.807) is 0 Å². The molecule has 0 radical (unpaired) electrons. The molecule has 0 atom stereocenters. The van der Waals surface area contributed by atoms with Gasteiger partial charge in [0.15, 0.2) is 0 Å². The third kappa shape index (κ3) is 5.49. The second kappa shape index (κ2) is 10.8. The standard InChI is InChI=1S/C31H30BF2NO6/c1-30(2)31(3,4)41-32(40-30)19(13-18-14-27(34)24(28(36)37)15-26(18)33)16-35-29(38)39-17-25-22-11-7-5-9-20(22)21-10-6-8-12-23(21)25/h5-15,25H,16-17H2,1-4H3,(H,35,38)(H,36,37). The van der Waals surface area contributed by atoms with Gasteiger partial charge in [-0.15, -0.1) is 0 Å². The molecule has 0 aromatic heterocycles. The van der Waals surface area contributed by atoms with Crippen molar-refractivity contribution >= 4 is 25.3 Å². The maximum atomic E-state index is 14.8. The fourth-order valence-corrected chi connectivity index (χ4v) is 5.06. The molecule has 2 N–H and O–H groups in total. The van der Waals surface area contributed by atoms with Crippen LogP contribution in [0.1, 0.15) is 60.7 Å². The minimum absolute atomic E-state index is 0.103. The maximum absolute atomic E-state index is 14.8. The summed E-state index contributed by atoms with van der Waals surface area (Å²) in [6.07, 6.45) is 0.581. The fourth-order valence-electron chi connectivity index (χ4n) is 5.06. The van der Waals surface area contributed by atoms with E-state index in [4.69, 9.17) is 19.2 Å². The number of benzene rings is 3. The number of carbonyl (C=O) groups excluding carboxylic acids is 1. The number of halogens is 2. The van der Waals surface area contributed by atoms with Crippen molar-refractivity contribution in [2.24, 2.45) is 0 Å². The number of hydrogen-bond acceptors (Lipinski definition) is 5. The number of rotatable bonds is 7. The van der Waals surface area contributed by atoms with Gasteiger partial charge in [0, 0.05) is 18.0 Å². The van der Waals surface area contributed by atoms with E-state index in [1.165, 1.54) is 6.08 Å². The van der Waals surface area contributed by atoms with E-state index >= 15 is 0 Å². The van der Waals surface area contributed by atoms with Crippen LogP contribution in [-0.2, 0) is 14.0 Å². The van der Waals surface area contributed by atoms with Gasteiger partial charge in [0.1, 0.15) is 18.2 Å². The van der Waals surface area contributed by atoms with E-state index < -0.39 is 47.6 Å². The lowest BCUT2D eigenvalue weighted by Crippen LogP contribution is -2.41. The van der Waals surface area contributed by atoms with Crippen LogP contribution in [0, 0.1) is 11.6 Å². The Kier molecular flexibility index (Phi) is 7.48. The van der Waals surface area contributed by atoms with Gasteiger partial charge in [0.05, 0.1) is 16.8 Å². The Morgan fingerprint density at radius 3 is 2.07 bits per heavy atom. The summed E-state index contributed by atoms with van der Waals surface area (Å²) in [5, 5.41) is 11.8. The minimum Gasteiger partial charge on any atom is -0.478 e. The van der Waals surface area contributed by atoms with Crippen molar-refractivity contribution < 1.29 is 37.5 Å². The Labute approximate surface area is 237 Å². The van der Waals surface area contributed by atoms with Crippen molar-refractivity contribution in [3.05, 3.63) is 100 Å². The van der Waals surface area contributed by atoms with E-state index in [2.05, 4.69) is 5.32 Å². The van der Waals surface area contributed by atoms with Gasteiger partial charge in [-0.3, -0.25) is 0 Å². The summed E-state index contributed by atoms with van der Waals surface area (Å²) in [5.74, 6) is -3.75. The first-order chi connectivity index (χ1) is 19.4. The second-order valence-corrected chi connectivity index (χ2v) is 11.1. The Balaban J connectivity index is 1.34. The van der Waals surface area contributed by atoms with Crippen molar-refractivity contribution in [2.45, 2.75) is 44.8 Å². The smallest absolute Gasteiger partial charge is 0.478 e. The Bertz CT molecular complexity index is 1490. The minimum atomic E-state index is -1.58. The van der Waals surface area contributed by atoms with Crippen LogP contribution in [0.4, 0.5) is 13.6 Å². The number of amides is 1. The molecule has 0 saturated carbocycles. The highest BCUT2D eigenvalue weighted by atomic mass is 19.1. The van der Waals surface area contributed by atoms with Gasteiger partial charge >= 0.3 is 19.2 Å². The monoisotopic (exact) mass is 561 g/mol. The molecule has 2 aliphatic rings. The van der Waals surface area contributed by atoms with Crippen LogP contribution in [0.2, 0.25) is 0 Å². The van der Waals surface area contributed by atoms with Crippen molar-refractivity contribution in [3.8, 4) is 11.1 Å².